The van der Waals surface area contributed by atoms with Crippen LogP contribution in [0.2, 0.25) is 0 Å². The van der Waals surface area contributed by atoms with Crippen molar-refractivity contribution in [1.29, 1.82) is 0 Å². The molecule has 2 N–H and O–H groups in total. The van der Waals surface area contributed by atoms with Gasteiger partial charge in [-0.2, -0.15) is 0 Å². The summed E-state index contributed by atoms with van der Waals surface area (Å²) in [6.45, 7) is 3.44. The number of carbonyl (C=O) groups is 3. The van der Waals surface area contributed by atoms with Crippen molar-refractivity contribution in [1.82, 2.24) is 0 Å². The van der Waals surface area contributed by atoms with Crippen molar-refractivity contribution in [2.45, 2.75) is 33.1 Å². The van der Waals surface area contributed by atoms with Gasteiger partial charge in [0, 0.05) is 24.2 Å². The molecule has 36 heavy (non-hydrogen) atoms. The number of carbonyl (C=O) groups excluding carboxylic acids is 3. The number of nitrogens with one attached hydrogen (secondary N) is 2. The predicted molar refractivity (Wildman–Crippen MR) is 137 cm³/mol. The molecular formula is C28H30N2O6. The van der Waals surface area contributed by atoms with Crippen LogP contribution in [-0.2, 0) is 19.1 Å². The zero-order valence-electron chi connectivity index (χ0n) is 20.6. The van der Waals surface area contributed by atoms with Crippen LogP contribution in [0.1, 0.15) is 30.4 Å². The van der Waals surface area contributed by atoms with Crippen LogP contribution in [-0.4, -0.2) is 31.5 Å². The zero-order chi connectivity index (χ0) is 25.9. The molecular weight excluding hydrogens is 460 g/mol. The number of amides is 2. The standard InChI is InChI=1S/C28H30N2O6/c1-19-11-12-20(2)23(17-19)30-27(32)18-35-28(33)10-6-9-26(31)29-21-13-15-22(16-14-21)36-25-8-5-4-7-24(25)34-3/h4-5,7-8,11-17H,6,9-10,18H2,1-3H3,(H,29,31)(H,30,32). The van der Waals surface area contributed by atoms with E-state index in [9.17, 15) is 14.4 Å². The second-order valence-corrected chi connectivity index (χ2v) is 8.21. The summed E-state index contributed by atoms with van der Waals surface area (Å²) in [5.74, 6) is 0.641. The van der Waals surface area contributed by atoms with Crippen molar-refractivity contribution in [2.24, 2.45) is 0 Å². The average molecular weight is 491 g/mol. The third-order valence-electron chi connectivity index (χ3n) is 5.25. The summed E-state index contributed by atoms with van der Waals surface area (Å²) >= 11 is 0. The lowest BCUT2D eigenvalue weighted by Gasteiger charge is -2.11. The molecule has 0 aliphatic carbocycles. The number of benzene rings is 3. The van der Waals surface area contributed by atoms with E-state index in [1.807, 2.05) is 44.2 Å². The Kier molecular flexibility index (Phi) is 9.45. The lowest BCUT2D eigenvalue weighted by Crippen LogP contribution is -2.21. The second kappa shape index (κ2) is 12.9. The van der Waals surface area contributed by atoms with Gasteiger partial charge in [-0.25, -0.2) is 0 Å². The monoisotopic (exact) mass is 490 g/mol. The number of anilines is 2. The van der Waals surface area contributed by atoms with E-state index in [0.717, 1.165) is 11.1 Å². The van der Waals surface area contributed by atoms with E-state index in [1.165, 1.54) is 0 Å². The SMILES string of the molecule is COc1ccccc1Oc1ccc(NC(=O)CCCC(=O)OCC(=O)Nc2cc(C)ccc2C)cc1. The highest BCUT2D eigenvalue weighted by Gasteiger charge is 2.11. The number of hydrogen-bond donors (Lipinski definition) is 2. The predicted octanol–water partition coefficient (Wildman–Crippen LogP) is 5.40. The summed E-state index contributed by atoms with van der Waals surface area (Å²) in [5.41, 5.74) is 3.23. The number of para-hydroxylation sites is 2. The average Bonchev–Trinajstić information content (AvgIpc) is 2.86. The van der Waals surface area contributed by atoms with Crippen LogP contribution in [0.15, 0.2) is 66.7 Å². The number of esters is 1. The highest BCUT2D eigenvalue weighted by molar-refractivity contribution is 5.93. The summed E-state index contributed by atoms with van der Waals surface area (Å²) in [4.78, 5) is 36.2. The van der Waals surface area contributed by atoms with Crippen molar-refractivity contribution in [2.75, 3.05) is 24.4 Å². The minimum absolute atomic E-state index is 0.0376. The molecule has 0 bridgehead atoms. The van der Waals surface area contributed by atoms with Crippen molar-refractivity contribution in [3.05, 3.63) is 77.9 Å². The maximum Gasteiger partial charge on any atom is 0.306 e. The van der Waals surface area contributed by atoms with Gasteiger partial charge in [0.2, 0.25) is 5.91 Å². The third-order valence-corrected chi connectivity index (χ3v) is 5.25. The Morgan fingerprint density at radius 1 is 0.806 bits per heavy atom. The smallest absolute Gasteiger partial charge is 0.306 e. The van der Waals surface area contributed by atoms with Crippen molar-refractivity contribution < 1.29 is 28.6 Å². The molecule has 0 spiro atoms. The van der Waals surface area contributed by atoms with Gasteiger partial charge in [-0.1, -0.05) is 24.3 Å². The van der Waals surface area contributed by atoms with Crippen molar-refractivity contribution >= 4 is 29.2 Å². The first-order chi connectivity index (χ1) is 17.3. The van der Waals surface area contributed by atoms with E-state index < -0.39 is 11.9 Å². The minimum atomic E-state index is -0.531. The maximum absolute atomic E-state index is 12.2. The molecule has 0 radical (unpaired) electrons. The fourth-order valence-electron chi connectivity index (χ4n) is 3.33. The van der Waals surface area contributed by atoms with Crippen LogP contribution < -0.4 is 20.1 Å². The molecule has 0 saturated heterocycles. The molecule has 3 aromatic rings. The Morgan fingerprint density at radius 2 is 1.53 bits per heavy atom. The lowest BCUT2D eigenvalue weighted by molar-refractivity contribution is -0.147. The van der Waals surface area contributed by atoms with Crippen molar-refractivity contribution in [3.63, 3.8) is 0 Å². The first-order valence-corrected chi connectivity index (χ1v) is 11.6. The van der Waals surface area contributed by atoms with Crippen molar-refractivity contribution in [3.8, 4) is 17.2 Å². The Bertz CT molecular complexity index is 1210. The Balaban J connectivity index is 1.35. The topological polar surface area (TPSA) is 103 Å². The molecule has 0 atom stereocenters. The quantitative estimate of drug-likeness (QED) is 0.349. The van der Waals surface area contributed by atoms with Gasteiger partial charge in [-0.15, -0.1) is 0 Å². The second-order valence-electron chi connectivity index (χ2n) is 8.21. The van der Waals surface area contributed by atoms with Gasteiger partial charge in [-0.3, -0.25) is 14.4 Å². The van der Waals surface area contributed by atoms with E-state index in [-0.39, 0.29) is 25.4 Å². The number of ether oxygens (including phenoxy) is 3. The zero-order valence-corrected chi connectivity index (χ0v) is 20.6. The summed E-state index contributed by atoms with van der Waals surface area (Å²) in [5, 5.41) is 5.52. The van der Waals surface area contributed by atoms with E-state index in [4.69, 9.17) is 14.2 Å². The van der Waals surface area contributed by atoms with Crippen LogP contribution in [0, 0.1) is 13.8 Å². The van der Waals surface area contributed by atoms with Crippen LogP contribution in [0.25, 0.3) is 0 Å². The normalized spacial score (nSPS) is 10.3. The Morgan fingerprint density at radius 3 is 2.25 bits per heavy atom. The molecule has 2 amide bonds. The van der Waals surface area contributed by atoms with Gasteiger partial charge >= 0.3 is 5.97 Å². The number of aryl methyl sites for hydroxylation is 2. The third kappa shape index (κ3) is 8.16. The van der Waals surface area contributed by atoms with Gasteiger partial charge in [0.1, 0.15) is 5.75 Å². The van der Waals surface area contributed by atoms with Gasteiger partial charge in [-0.05, 0) is 73.9 Å². The van der Waals surface area contributed by atoms with Gasteiger partial charge < -0.3 is 24.8 Å². The fourth-order valence-corrected chi connectivity index (χ4v) is 3.33. The molecule has 8 nitrogen and oxygen atoms in total. The first-order valence-electron chi connectivity index (χ1n) is 11.6. The molecule has 3 aromatic carbocycles. The number of methoxy groups -OCH3 is 1. The Labute approximate surface area is 210 Å². The minimum Gasteiger partial charge on any atom is -0.493 e. The van der Waals surface area contributed by atoms with Gasteiger partial charge in [0.15, 0.2) is 18.1 Å². The first kappa shape index (κ1) is 26.3. The number of hydrogen-bond acceptors (Lipinski definition) is 6. The molecule has 188 valence electrons. The molecule has 0 unspecified atom stereocenters. The van der Waals surface area contributed by atoms with Crippen LogP contribution in [0.4, 0.5) is 11.4 Å². The van der Waals surface area contributed by atoms with E-state index >= 15 is 0 Å². The van der Waals surface area contributed by atoms with Crippen LogP contribution >= 0.6 is 0 Å². The lowest BCUT2D eigenvalue weighted by atomic mass is 10.1. The summed E-state index contributed by atoms with van der Waals surface area (Å²) in [6.07, 6.45) is 0.484. The highest BCUT2D eigenvalue weighted by Crippen LogP contribution is 2.31. The molecule has 3 rings (SSSR count). The maximum atomic E-state index is 12.2. The molecule has 0 aliphatic rings. The van der Waals surface area contributed by atoms with Gasteiger partial charge in [0.05, 0.1) is 7.11 Å². The molecule has 8 heteroatoms. The van der Waals surface area contributed by atoms with Gasteiger partial charge in [0.25, 0.3) is 5.91 Å². The summed E-state index contributed by atoms with van der Waals surface area (Å²) in [7, 11) is 1.57. The summed E-state index contributed by atoms with van der Waals surface area (Å²) in [6, 6.07) is 20.0. The summed E-state index contributed by atoms with van der Waals surface area (Å²) < 4.78 is 16.1. The molecule has 0 fully saturated rings. The molecule has 0 aliphatic heterocycles. The number of rotatable bonds is 11. The van der Waals surface area contributed by atoms with Crippen LogP contribution in [0.5, 0.6) is 17.2 Å². The molecule has 0 heterocycles. The highest BCUT2D eigenvalue weighted by atomic mass is 16.5. The van der Waals surface area contributed by atoms with E-state index in [2.05, 4.69) is 10.6 Å². The fraction of sp³-hybridized carbons (Fsp3) is 0.250. The Hall–Kier alpha value is -4.33. The largest absolute Gasteiger partial charge is 0.493 e. The molecule has 0 saturated carbocycles. The van der Waals surface area contributed by atoms with E-state index in [0.29, 0.717) is 35.0 Å². The van der Waals surface area contributed by atoms with E-state index in [1.54, 1.807) is 43.5 Å². The van der Waals surface area contributed by atoms with Crippen LogP contribution in [0.3, 0.4) is 0 Å². The molecule has 0 aromatic heterocycles.